The molecule has 0 aliphatic heterocycles. The zero-order valence-corrected chi connectivity index (χ0v) is 12.4. The minimum Gasteiger partial charge on any atom is -0.305 e. The summed E-state index contributed by atoms with van der Waals surface area (Å²) < 4.78 is 23.7. The maximum atomic E-state index is 12.9. The van der Waals surface area contributed by atoms with E-state index in [2.05, 4.69) is 9.97 Å². The van der Waals surface area contributed by atoms with Gasteiger partial charge in [-0.1, -0.05) is 6.07 Å². The van der Waals surface area contributed by atoms with Crippen LogP contribution in [0.5, 0.6) is 0 Å². The standard InChI is InChI=1S/C14H17N2O3P/c1-3-18-20(17,19-4-2)13-9-7-11-16-14(13)12-8-5-6-10-15-12/h5-11H,3-4H2,1-2H3. The predicted molar refractivity (Wildman–Crippen MR) is 78.0 cm³/mol. The van der Waals surface area contributed by atoms with Crippen LogP contribution >= 0.6 is 7.60 Å². The molecular formula is C14H17N2O3P. The third-order valence-corrected chi connectivity index (χ3v) is 4.73. The molecule has 5 nitrogen and oxygen atoms in total. The lowest BCUT2D eigenvalue weighted by Crippen LogP contribution is -2.15. The zero-order valence-electron chi connectivity index (χ0n) is 11.5. The highest BCUT2D eigenvalue weighted by Crippen LogP contribution is 2.48. The number of hydrogen-bond acceptors (Lipinski definition) is 5. The van der Waals surface area contributed by atoms with Crippen molar-refractivity contribution in [3.63, 3.8) is 0 Å². The molecule has 0 aliphatic carbocycles. The van der Waals surface area contributed by atoms with Crippen LogP contribution in [0.15, 0.2) is 42.7 Å². The van der Waals surface area contributed by atoms with Crippen molar-refractivity contribution in [1.29, 1.82) is 0 Å². The lowest BCUT2D eigenvalue weighted by molar-refractivity contribution is 0.230. The molecule has 0 unspecified atom stereocenters. The first kappa shape index (κ1) is 14.9. The molecule has 0 atom stereocenters. The molecule has 2 rings (SSSR count). The Morgan fingerprint density at radius 2 is 1.70 bits per heavy atom. The molecule has 0 N–H and O–H groups in total. The van der Waals surface area contributed by atoms with E-state index >= 15 is 0 Å². The maximum absolute atomic E-state index is 12.9. The number of aromatic nitrogens is 2. The SMILES string of the molecule is CCOP(=O)(OCC)c1cccnc1-c1ccccn1. The summed E-state index contributed by atoms with van der Waals surface area (Å²) in [7, 11) is -3.38. The minimum absolute atomic E-state index is 0.299. The fourth-order valence-corrected chi connectivity index (χ4v) is 3.57. The fraction of sp³-hybridized carbons (Fsp3) is 0.286. The van der Waals surface area contributed by atoms with Crippen molar-refractivity contribution in [1.82, 2.24) is 9.97 Å². The quantitative estimate of drug-likeness (QED) is 0.766. The van der Waals surface area contributed by atoms with Crippen LogP contribution in [-0.2, 0) is 13.6 Å². The molecule has 106 valence electrons. The van der Waals surface area contributed by atoms with Crippen LogP contribution in [-0.4, -0.2) is 23.2 Å². The van der Waals surface area contributed by atoms with E-state index in [9.17, 15) is 4.57 Å². The van der Waals surface area contributed by atoms with E-state index in [1.807, 2.05) is 18.2 Å². The van der Waals surface area contributed by atoms with E-state index in [-0.39, 0.29) is 0 Å². The van der Waals surface area contributed by atoms with Crippen molar-refractivity contribution >= 4 is 12.9 Å². The van der Waals surface area contributed by atoms with Crippen LogP contribution in [0, 0.1) is 0 Å². The second kappa shape index (κ2) is 6.75. The van der Waals surface area contributed by atoms with Crippen LogP contribution in [0.1, 0.15) is 13.8 Å². The molecule has 6 heteroatoms. The molecule has 2 aromatic rings. The second-order valence-electron chi connectivity index (χ2n) is 3.92. The molecule has 0 bridgehead atoms. The fourth-order valence-electron chi connectivity index (χ4n) is 1.83. The number of nitrogens with zero attached hydrogens (tertiary/aromatic N) is 2. The van der Waals surface area contributed by atoms with Crippen molar-refractivity contribution < 1.29 is 13.6 Å². The Morgan fingerprint density at radius 1 is 1.00 bits per heavy atom. The first-order valence-electron chi connectivity index (χ1n) is 6.47. The van der Waals surface area contributed by atoms with Crippen molar-refractivity contribution in [2.24, 2.45) is 0 Å². The van der Waals surface area contributed by atoms with Crippen LogP contribution in [0.4, 0.5) is 0 Å². The average molecular weight is 292 g/mol. The molecule has 0 amide bonds. The van der Waals surface area contributed by atoms with Crippen LogP contribution in [0.25, 0.3) is 11.4 Å². The Kier molecular flexibility index (Phi) is 5.01. The monoisotopic (exact) mass is 292 g/mol. The highest BCUT2D eigenvalue weighted by Gasteiger charge is 2.30. The molecule has 2 aromatic heterocycles. The summed E-state index contributed by atoms with van der Waals surface area (Å²) in [5.74, 6) is 0. The molecule has 20 heavy (non-hydrogen) atoms. The number of rotatable bonds is 6. The van der Waals surface area contributed by atoms with E-state index in [1.54, 1.807) is 38.4 Å². The smallest absolute Gasteiger partial charge is 0.305 e. The van der Waals surface area contributed by atoms with Gasteiger partial charge in [-0.05, 0) is 38.1 Å². The van der Waals surface area contributed by atoms with E-state index < -0.39 is 7.60 Å². The van der Waals surface area contributed by atoms with Gasteiger partial charge in [0.05, 0.1) is 24.2 Å². The van der Waals surface area contributed by atoms with Crippen molar-refractivity contribution in [3.05, 3.63) is 42.7 Å². The van der Waals surface area contributed by atoms with E-state index in [0.717, 1.165) is 0 Å². The van der Waals surface area contributed by atoms with Gasteiger partial charge in [-0.15, -0.1) is 0 Å². The van der Waals surface area contributed by atoms with Crippen molar-refractivity contribution in [2.45, 2.75) is 13.8 Å². The average Bonchev–Trinajstić information content (AvgIpc) is 2.49. The topological polar surface area (TPSA) is 61.3 Å². The first-order valence-corrected chi connectivity index (χ1v) is 8.01. The largest absolute Gasteiger partial charge is 0.363 e. The minimum atomic E-state index is -3.38. The van der Waals surface area contributed by atoms with Crippen molar-refractivity contribution in [2.75, 3.05) is 13.2 Å². The lowest BCUT2D eigenvalue weighted by atomic mass is 10.2. The van der Waals surface area contributed by atoms with E-state index in [1.165, 1.54) is 0 Å². The summed E-state index contributed by atoms with van der Waals surface area (Å²) in [5.41, 5.74) is 1.17. The number of hydrogen-bond donors (Lipinski definition) is 0. The van der Waals surface area contributed by atoms with Gasteiger partial charge < -0.3 is 9.05 Å². The third kappa shape index (κ3) is 3.12. The maximum Gasteiger partial charge on any atom is 0.363 e. The highest BCUT2D eigenvalue weighted by atomic mass is 31.2. The van der Waals surface area contributed by atoms with Crippen molar-refractivity contribution in [3.8, 4) is 11.4 Å². The summed E-state index contributed by atoms with van der Waals surface area (Å²) in [5, 5.41) is 0.447. The summed E-state index contributed by atoms with van der Waals surface area (Å²) in [4.78, 5) is 8.53. The molecule has 0 spiro atoms. The summed E-state index contributed by atoms with van der Waals surface area (Å²) in [6.45, 7) is 4.16. The van der Waals surface area contributed by atoms with Crippen LogP contribution in [0.3, 0.4) is 0 Å². The Hall–Kier alpha value is -1.55. The van der Waals surface area contributed by atoms with E-state index in [0.29, 0.717) is 29.9 Å². The predicted octanol–water partition coefficient (Wildman–Crippen LogP) is 3.04. The molecule has 0 saturated carbocycles. The van der Waals surface area contributed by atoms with E-state index in [4.69, 9.17) is 9.05 Å². The summed E-state index contributed by atoms with van der Waals surface area (Å²) in [6, 6.07) is 8.91. The summed E-state index contributed by atoms with van der Waals surface area (Å²) in [6.07, 6.45) is 3.30. The number of pyridine rings is 2. The molecule has 2 heterocycles. The Balaban J connectivity index is 2.54. The normalized spacial score (nSPS) is 11.5. The molecule has 0 aromatic carbocycles. The lowest BCUT2D eigenvalue weighted by Gasteiger charge is -2.19. The van der Waals surface area contributed by atoms with Gasteiger partial charge in [0.2, 0.25) is 0 Å². The molecule has 0 radical (unpaired) electrons. The molecular weight excluding hydrogens is 275 g/mol. The van der Waals surface area contributed by atoms with Crippen LogP contribution < -0.4 is 5.30 Å². The van der Waals surface area contributed by atoms with Gasteiger partial charge in [0.1, 0.15) is 5.69 Å². The summed E-state index contributed by atoms with van der Waals surface area (Å²) >= 11 is 0. The van der Waals surface area contributed by atoms with Gasteiger partial charge >= 0.3 is 7.60 Å². The highest BCUT2D eigenvalue weighted by molar-refractivity contribution is 7.62. The Morgan fingerprint density at radius 3 is 2.30 bits per heavy atom. The van der Waals surface area contributed by atoms with Gasteiger partial charge in [-0.25, -0.2) is 0 Å². The zero-order chi connectivity index (χ0) is 14.4. The molecule has 0 saturated heterocycles. The van der Waals surface area contributed by atoms with Gasteiger partial charge in [-0.2, -0.15) is 0 Å². The van der Waals surface area contributed by atoms with Gasteiger partial charge in [0, 0.05) is 12.4 Å². The molecule has 0 fully saturated rings. The Bertz CT molecular complexity index is 594. The second-order valence-corrected chi connectivity index (χ2v) is 5.91. The molecule has 0 aliphatic rings. The van der Waals surface area contributed by atoms with Gasteiger partial charge in [0.15, 0.2) is 0 Å². The third-order valence-electron chi connectivity index (χ3n) is 2.59. The van der Waals surface area contributed by atoms with Gasteiger partial charge in [-0.3, -0.25) is 14.5 Å². The van der Waals surface area contributed by atoms with Crippen LogP contribution in [0.2, 0.25) is 0 Å². The Labute approximate surface area is 118 Å². The first-order chi connectivity index (χ1) is 9.71. The van der Waals surface area contributed by atoms with Gasteiger partial charge in [0.25, 0.3) is 0 Å².